The molecule has 0 N–H and O–H groups in total. The Bertz CT molecular complexity index is 660. The summed E-state index contributed by atoms with van der Waals surface area (Å²) in [6.07, 6.45) is 0. The van der Waals surface area contributed by atoms with Crippen molar-refractivity contribution in [3.05, 3.63) is 65.2 Å². The van der Waals surface area contributed by atoms with Gasteiger partial charge in [0, 0.05) is 30.9 Å². The van der Waals surface area contributed by atoms with Crippen LogP contribution in [0.15, 0.2) is 48.5 Å². The molecule has 0 saturated carbocycles. The lowest BCUT2D eigenvalue weighted by Gasteiger charge is -2.12. The lowest BCUT2D eigenvalue weighted by atomic mass is 9.98. The summed E-state index contributed by atoms with van der Waals surface area (Å²) in [6.45, 7) is 0. The number of rotatable bonds is 4. The molecule has 0 heterocycles. The summed E-state index contributed by atoms with van der Waals surface area (Å²) >= 11 is 0. The molecule has 4 nitrogen and oxygen atoms in total. The first kappa shape index (κ1) is 14.8. The van der Waals surface area contributed by atoms with Crippen molar-refractivity contribution >= 4 is 17.4 Å². The first-order valence-electron chi connectivity index (χ1n) is 6.54. The van der Waals surface area contributed by atoms with E-state index in [-0.39, 0.29) is 11.3 Å². The predicted molar refractivity (Wildman–Crippen MR) is 82.0 cm³/mol. The van der Waals surface area contributed by atoms with Crippen LogP contribution in [0.3, 0.4) is 0 Å². The highest BCUT2D eigenvalue weighted by Crippen LogP contribution is 2.18. The maximum absolute atomic E-state index is 12.5. The highest BCUT2D eigenvalue weighted by Gasteiger charge is 2.18. The van der Waals surface area contributed by atoms with Crippen LogP contribution in [0.25, 0.3) is 0 Å². The van der Waals surface area contributed by atoms with Crippen LogP contribution in [-0.2, 0) is 4.74 Å². The number of ketones is 1. The van der Waals surface area contributed by atoms with Gasteiger partial charge < -0.3 is 9.64 Å². The van der Waals surface area contributed by atoms with Gasteiger partial charge in [0.15, 0.2) is 5.78 Å². The Labute approximate surface area is 124 Å². The van der Waals surface area contributed by atoms with Crippen molar-refractivity contribution in [2.24, 2.45) is 0 Å². The second kappa shape index (κ2) is 6.22. The summed E-state index contributed by atoms with van der Waals surface area (Å²) in [5, 5.41) is 0. The van der Waals surface area contributed by atoms with E-state index in [1.807, 2.05) is 31.1 Å². The van der Waals surface area contributed by atoms with Crippen LogP contribution in [-0.4, -0.2) is 33.0 Å². The maximum Gasteiger partial charge on any atom is 0.338 e. The van der Waals surface area contributed by atoms with E-state index < -0.39 is 5.97 Å². The van der Waals surface area contributed by atoms with Gasteiger partial charge in [-0.3, -0.25) is 4.79 Å². The van der Waals surface area contributed by atoms with Gasteiger partial charge in [0.1, 0.15) is 0 Å². The van der Waals surface area contributed by atoms with Gasteiger partial charge in [0.2, 0.25) is 0 Å². The fraction of sp³-hybridized carbons (Fsp3) is 0.176. The zero-order valence-corrected chi connectivity index (χ0v) is 12.3. The number of nitrogens with zero attached hydrogens (tertiary/aromatic N) is 1. The van der Waals surface area contributed by atoms with E-state index in [4.69, 9.17) is 4.74 Å². The molecule has 0 atom stereocenters. The Hall–Kier alpha value is -2.62. The van der Waals surface area contributed by atoms with E-state index in [0.29, 0.717) is 11.1 Å². The Morgan fingerprint density at radius 2 is 1.48 bits per heavy atom. The summed E-state index contributed by atoms with van der Waals surface area (Å²) in [7, 11) is 5.17. The molecule has 0 aliphatic heterocycles. The van der Waals surface area contributed by atoms with E-state index in [1.165, 1.54) is 7.11 Å². The van der Waals surface area contributed by atoms with Crippen molar-refractivity contribution < 1.29 is 14.3 Å². The molecule has 0 aliphatic carbocycles. The minimum Gasteiger partial charge on any atom is -0.465 e. The van der Waals surface area contributed by atoms with E-state index in [1.54, 1.807) is 36.4 Å². The molecule has 0 amide bonds. The van der Waals surface area contributed by atoms with Gasteiger partial charge >= 0.3 is 5.97 Å². The summed E-state index contributed by atoms with van der Waals surface area (Å²) in [5.41, 5.74) is 2.17. The standard InChI is InChI=1S/C17H17NO3/c1-18(2)13-10-8-12(9-11-13)16(19)14-6-4-5-7-15(14)17(20)21-3/h4-11H,1-3H3. The summed E-state index contributed by atoms with van der Waals surface area (Å²) in [4.78, 5) is 26.2. The van der Waals surface area contributed by atoms with Gasteiger partial charge in [-0.15, -0.1) is 0 Å². The number of hydrogen-bond donors (Lipinski definition) is 0. The van der Waals surface area contributed by atoms with Gasteiger partial charge in [-0.1, -0.05) is 18.2 Å². The molecule has 2 aromatic rings. The molecule has 4 heteroatoms. The van der Waals surface area contributed by atoms with Crippen LogP contribution in [0.4, 0.5) is 5.69 Å². The van der Waals surface area contributed by atoms with Crippen molar-refractivity contribution in [3.8, 4) is 0 Å². The van der Waals surface area contributed by atoms with Crippen LogP contribution in [0.5, 0.6) is 0 Å². The number of methoxy groups -OCH3 is 1. The number of esters is 1. The highest BCUT2D eigenvalue weighted by atomic mass is 16.5. The molecule has 0 aromatic heterocycles. The van der Waals surface area contributed by atoms with Crippen molar-refractivity contribution in [2.45, 2.75) is 0 Å². The second-order valence-electron chi connectivity index (χ2n) is 4.81. The van der Waals surface area contributed by atoms with Gasteiger partial charge in [0.05, 0.1) is 12.7 Å². The molecule has 0 fully saturated rings. The highest BCUT2D eigenvalue weighted by molar-refractivity contribution is 6.14. The average molecular weight is 283 g/mol. The van der Waals surface area contributed by atoms with Crippen molar-refractivity contribution in [1.82, 2.24) is 0 Å². The van der Waals surface area contributed by atoms with Crippen LogP contribution >= 0.6 is 0 Å². The number of benzene rings is 2. The van der Waals surface area contributed by atoms with E-state index >= 15 is 0 Å². The minimum atomic E-state index is -0.510. The summed E-state index contributed by atoms with van der Waals surface area (Å²) in [6, 6.07) is 13.9. The Balaban J connectivity index is 2.38. The molecule has 0 bridgehead atoms. The van der Waals surface area contributed by atoms with Crippen molar-refractivity contribution in [1.29, 1.82) is 0 Å². The normalized spacial score (nSPS) is 10.0. The second-order valence-corrected chi connectivity index (χ2v) is 4.81. The van der Waals surface area contributed by atoms with Gasteiger partial charge in [-0.2, -0.15) is 0 Å². The molecule has 0 unspecified atom stereocenters. The van der Waals surface area contributed by atoms with Crippen LogP contribution < -0.4 is 4.90 Å². The Morgan fingerprint density at radius 1 is 0.905 bits per heavy atom. The fourth-order valence-corrected chi connectivity index (χ4v) is 2.04. The summed E-state index contributed by atoms with van der Waals surface area (Å²) in [5.74, 6) is -0.704. The van der Waals surface area contributed by atoms with E-state index in [2.05, 4.69) is 0 Å². The van der Waals surface area contributed by atoms with Crippen molar-refractivity contribution in [2.75, 3.05) is 26.1 Å². The molecule has 0 spiro atoms. The number of carbonyl (C=O) groups excluding carboxylic acids is 2. The van der Waals surface area contributed by atoms with E-state index in [0.717, 1.165) is 5.69 Å². The van der Waals surface area contributed by atoms with Crippen LogP contribution in [0, 0.1) is 0 Å². The topological polar surface area (TPSA) is 46.6 Å². The molecule has 0 saturated heterocycles. The monoisotopic (exact) mass is 283 g/mol. The van der Waals surface area contributed by atoms with Crippen molar-refractivity contribution in [3.63, 3.8) is 0 Å². The summed E-state index contributed by atoms with van der Waals surface area (Å²) < 4.78 is 4.72. The fourth-order valence-electron chi connectivity index (χ4n) is 2.04. The first-order chi connectivity index (χ1) is 10.0. The third kappa shape index (κ3) is 3.11. The largest absolute Gasteiger partial charge is 0.465 e. The van der Waals surface area contributed by atoms with Gasteiger partial charge in [0.25, 0.3) is 0 Å². The zero-order valence-electron chi connectivity index (χ0n) is 12.3. The molecular formula is C17H17NO3. The smallest absolute Gasteiger partial charge is 0.338 e. The molecule has 2 rings (SSSR count). The Kier molecular flexibility index (Phi) is 4.38. The van der Waals surface area contributed by atoms with Crippen LogP contribution in [0.1, 0.15) is 26.3 Å². The third-order valence-corrected chi connectivity index (χ3v) is 3.22. The molecule has 21 heavy (non-hydrogen) atoms. The predicted octanol–water partition coefficient (Wildman–Crippen LogP) is 2.77. The molecular weight excluding hydrogens is 266 g/mol. The number of carbonyl (C=O) groups is 2. The maximum atomic E-state index is 12.5. The van der Waals surface area contributed by atoms with Gasteiger partial charge in [-0.25, -0.2) is 4.79 Å². The quantitative estimate of drug-likeness (QED) is 0.639. The number of anilines is 1. The molecule has 2 aromatic carbocycles. The molecule has 0 aliphatic rings. The molecule has 0 radical (unpaired) electrons. The lowest BCUT2D eigenvalue weighted by molar-refractivity contribution is 0.0597. The zero-order chi connectivity index (χ0) is 15.4. The van der Waals surface area contributed by atoms with Gasteiger partial charge in [-0.05, 0) is 30.3 Å². The lowest BCUT2D eigenvalue weighted by Crippen LogP contribution is -2.12. The SMILES string of the molecule is COC(=O)c1ccccc1C(=O)c1ccc(N(C)C)cc1. The third-order valence-electron chi connectivity index (χ3n) is 3.22. The first-order valence-corrected chi connectivity index (χ1v) is 6.54. The number of hydrogen-bond acceptors (Lipinski definition) is 4. The number of ether oxygens (including phenoxy) is 1. The Morgan fingerprint density at radius 3 is 2.00 bits per heavy atom. The molecule has 108 valence electrons. The minimum absolute atomic E-state index is 0.193. The van der Waals surface area contributed by atoms with Crippen LogP contribution in [0.2, 0.25) is 0 Å². The average Bonchev–Trinajstić information content (AvgIpc) is 2.53. The van der Waals surface area contributed by atoms with E-state index in [9.17, 15) is 9.59 Å².